The van der Waals surface area contributed by atoms with Crippen molar-refractivity contribution in [3.8, 4) is 11.5 Å². The van der Waals surface area contributed by atoms with Crippen LogP contribution in [0.4, 0.5) is 5.95 Å². The minimum atomic E-state index is 0.232. The van der Waals surface area contributed by atoms with Crippen molar-refractivity contribution >= 4 is 17.7 Å². The number of nitrogens with two attached hydrogens (primary N) is 1. The SMILES string of the molecule is CCOc1cc2c(cc1CSc1nnc(N)n1C1CC1)O[C@@H](C)C2. The highest BCUT2D eigenvalue weighted by atomic mass is 32.2. The van der Waals surface area contributed by atoms with Crippen LogP contribution >= 0.6 is 11.8 Å². The maximum absolute atomic E-state index is 5.95. The highest BCUT2D eigenvalue weighted by Crippen LogP contribution is 2.41. The molecule has 2 N–H and O–H groups in total. The molecule has 0 bridgehead atoms. The number of anilines is 1. The van der Waals surface area contributed by atoms with Crippen molar-refractivity contribution in [2.45, 2.75) is 56.2 Å². The molecule has 2 aromatic rings. The van der Waals surface area contributed by atoms with Gasteiger partial charge in [0.15, 0.2) is 5.16 Å². The van der Waals surface area contributed by atoms with Crippen molar-refractivity contribution in [1.29, 1.82) is 0 Å². The molecule has 6 nitrogen and oxygen atoms in total. The Hall–Kier alpha value is -1.89. The molecule has 1 fully saturated rings. The first-order valence-corrected chi connectivity index (χ1v) is 9.42. The van der Waals surface area contributed by atoms with Crippen LogP contribution in [0.15, 0.2) is 17.3 Å². The molecule has 0 radical (unpaired) electrons. The number of nitrogens with zero attached hydrogens (tertiary/aromatic N) is 3. The highest BCUT2D eigenvalue weighted by molar-refractivity contribution is 7.98. The van der Waals surface area contributed by atoms with Crippen LogP contribution in [-0.2, 0) is 12.2 Å². The third-order valence-electron chi connectivity index (χ3n) is 4.34. The fourth-order valence-corrected chi connectivity index (χ4v) is 4.08. The van der Waals surface area contributed by atoms with E-state index in [9.17, 15) is 0 Å². The molecule has 1 atom stereocenters. The molecule has 2 heterocycles. The first-order chi connectivity index (χ1) is 11.7. The van der Waals surface area contributed by atoms with Gasteiger partial charge in [-0.3, -0.25) is 4.57 Å². The van der Waals surface area contributed by atoms with Gasteiger partial charge < -0.3 is 15.2 Å². The highest BCUT2D eigenvalue weighted by Gasteiger charge is 2.29. The summed E-state index contributed by atoms with van der Waals surface area (Å²) in [5.41, 5.74) is 8.30. The summed E-state index contributed by atoms with van der Waals surface area (Å²) in [4.78, 5) is 0. The Balaban J connectivity index is 1.57. The molecule has 24 heavy (non-hydrogen) atoms. The zero-order chi connectivity index (χ0) is 16.7. The Bertz CT molecular complexity index is 757. The van der Waals surface area contributed by atoms with Crippen molar-refractivity contribution in [2.24, 2.45) is 0 Å². The summed E-state index contributed by atoms with van der Waals surface area (Å²) < 4.78 is 13.8. The lowest BCUT2D eigenvalue weighted by Gasteiger charge is -2.12. The monoisotopic (exact) mass is 346 g/mol. The Morgan fingerprint density at radius 1 is 1.38 bits per heavy atom. The average molecular weight is 346 g/mol. The summed E-state index contributed by atoms with van der Waals surface area (Å²) in [6.45, 7) is 4.75. The molecule has 4 rings (SSSR count). The largest absolute Gasteiger partial charge is 0.494 e. The number of nitrogen functional groups attached to an aromatic ring is 1. The van der Waals surface area contributed by atoms with Crippen LogP contribution in [0, 0.1) is 0 Å². The molecule has 0 saturated heterocycles. The lowest BCUT2D eigenvalue weighted by Crippen LogP contribution is -2.05. The zero-order valence-electron chi connectivity index (χ0n) is 14.0. The van der Waals surface area contributed by atoms with Gasteiger partial charge in [-0.05, 0) is 38.8 Å². The number of hydrogen-bond donors (Lipinski definition) is 1. The van der Waals surface area contributed by atoms with Gasteiger partial charge in [0, 0.05) is 29.3 Å². The van der Waals surface area contributed by atoms with E-state index in [0.717, 1.165) is 47.2 Å². The number of hydrogen-bond acceptors (Lipinski definition) is 6. The Morgan fingerprint density at radius 2 is 2.21 bits per heavy atom. The van der Waals surface area contributed by atoms with Crippen molar-refractivity contribution in [1.82, 2.24) is 14.8 Å². The van der Waals surface area contributed by atoms with Crippen LogP contribution in [0.3, 0.4) is 0 Å². The van der Waals surface area contributed by atoms with E-state index < -0.39 is 0 Å². The molecular weight excluding hydrogens is 324 g/mol. The van der Waals surface area contributed by atoms with Crippen LogP contribution in [0.5, 0.6) is 11.5 Å². The summed E-state index contributed by atoms with van der Waals surface area (Å²) >= 11 is 1.65. The van der Waals surface area contributed by atoms with Crippen LogP contribution in [0.2, 0.25) is 0 Å². The number of aromatic nitrogens is 3. The van der Waals surface area contributed by atoms with Crippen LogP contribution in [0.1, 0.15) is 43.9 Å². The first-order valence-electron chi connectivity index (χ1n) is 8.44. The standard InChI is InChI=1S/C17H22N4O2S/c1-3-22-14-7-11-6-10(2)23-15(11)8-12(14)9-24-17-20-19-16(18)21(17)13-4-5-13/h7-8,10,13H,3-6,9H2,1-2H3,(H2,18,19)/t10-/m0/s1. The van der Waals surface area contributed by atoms with Crippen molar-refractivity contribution in [3.63, 3.8) is 0 Å². The minimum Gasteiger partial charge on any atom is -0.494 e. The van der Waals surface area contributed by atoms with Gasteiger partial charge in [-0.25, -0.2) is 0 Å². The zero-order valence-corrected chi connectivity index (χ0v) is 14.8. The second-order valence-electron chi connectivity index (χ2n) is 6.36. The quantitative estimate of drug-likeness (QED) is 0.810. The van der Waals surface area contributed by atoms with Crippen molar-refractivity contribution in [2.75, 3.05) is 12.3 Å². The summed E-state index contributed by atoms with van der Waals surface area (Å²) in [5.74, 6) is 3.18. The first kappa shape index (κ1) is 15.6. The molecular formula is C17H22N4O2S. The Labute approximate surface area is 145 Å². The fourth-order valence-electron chi connectivity index (χ4n) is 3.09. The lowest BCUT2D eigenvalue weighted by atomic mass is 10.1. The maximum atomic E-state index is 5.95. The van der Waals surface area contributed by atoms with Crippen molar-refractivity contribution < 1.29 is 9.47 Å². The van der Waals surface area contributed by atoms with Gasteiger partial charge in [0.25, 0.3) is 0 Å². The minimum absolute atomic E-state index is 0.232. The predicted octanol–water partition coefficient (Wildman–Crippen LogP) is 3.21. The third kappa shape index (κ3) is 2.92. The number of fused-ring (bicyclic) bond motifs is 1. The third-order valence-corrected chi connectivity index (χ3v) is 5.33. The van der Waals surface area contributed by atoms with Gasteiger partial charge in [0.1, 0.15) is 17.6 Å². The predicted molar refractivity (Wildman–Crippen MR) is 93.7 cm³/mol. The summed E-state index contributed by atoms with van der Waals surface area (Å²) in [7, 11) is 0. The summed E-state index contributed by atoms with van der Waals surface area (Å²) in [6.07, 6.45) is 3.49. The number of benzene rings is 1. The van der Waals surface area contributed by atoms with E-state index in [1.54, 1.807) is 11.8 Å². The van der Waals surface area contributed by atoms with E-state index in [2.05, 4.69) is 33.8 Å². The molecule has 2 aliphatic rings. The van der Waals surface area contributed by atoms with Gasteiger partial charge in [-0.15, -0.1) is 10.2 Å². The average Bonchev–Trinajstić information content (AvgIpc) is 3.22. The maximum Gasteiger partial charge on any atom is 0.222 e. The van der Waals surface area contributed by atoms with Crippen LogP contribution in [0.25, 0.3) is 0 Å². The van der Waals surface area contributed by atoms with Gasteiger partial charge in [0.2, 0.25) is 5.95 Å². The molecule has 1 aliphatic heterocycles. The Morgan fingerprint density at radius 3 is 2.96 bits per heavy atom. The molecule has 0 unspecified atom stereocenters. The van der Waals surface area contributed by atoms with Crippen molar-refractivity contribution in [3.05, 3.63) is 23.3 Å². The lowest BCUT2D eigenvalue weighted by molar-refractivity contribution is 0.254. The molecule has 1 aromatic heterocycles. The molecule has 1 aliphatic carbocycles. The van der Waals surface area contributed by atoms with E-state index in [0.29, 0.717) is 18.6 Å². The molecule has 0 amide bonds. The smallest absolute Gasteiger partial charge is 0.222 e. The topological polar surface area (TPSA) is 75.2 Å². The van der Waals surface area contributed by atoms with E-state index in [1.807, 2.05) is 6.92 Å². The summed E-state index contributed by atoms with van der Waals surface area (Å²) in [5, 5.41) is 9.14. The molecule has 1 saturated carbocycles. The van der Waals surface area contributed by atoms with E-state index >= 15 is 0 Å². The van der Waals surface area contributed by atoms with Gasteiger partial charge in [-0.1, -0.05) is 11.8 Å². The van der Waals surface area contributed by atoms with E-state index in [-0.39, 0.29) is 6.10 Å². The van der Waals surface area contributed by atoms with E-state index in [1.165, 1.54) is 5.56 Å². The molecule has 128 valence electrons. The second-order valence-corrected chi connectivity index (χ2v) is 7.31. The number of thioether (sulfide) groups is 1. The van der Waals surface area contributed by atoms with Gasteiger partial charge in [0.05, 0.1) is 6.61 Å². The fraction of sp³-hybridized carbons (Fsp3) is 0.529. The molecule has 7 heteroatoms. The van der Waals surface area contributed by atoms with Gasteiger partial charge >= 0.3 is 0 Å². The summed E-state index contributed by atoms with van der Waals surface area (Å²) in [6, 6.07) is 4.70. The molecule has 1 aromatic carbocycles. The Kier molecular flexibility index (Phi) is 4.04. The van der Waals surface area contributed by atoms with Gasteiger partial charge in [-0.2, -0.15) is 0 Å². The van der Waals surface area contributed by atoms with Crippen LogP contribution < -0.4 is 15.2 Å². The normalized spacial score (nSPS) is 19.2. The second kappa shape index (κ2) is 6.20. The van der Waals surface area contributed by atoms with Crippen LogP contribution in [-0.4, -0.2) is 27.5 Å². The molecule has 0 spiro atoms. The number of rotatable bonds is 6. The number of ether oxygens (including phenoxy) is 2. The van der Waals surface area contributed by atoms with E-state index in [4.69, 9.17) is 15.2 Å².